The van der Waals surface area contributed by atoms with Gasteiger partial charge < -0.3 is 10.6 Å². The van der Waals surface area contributed by atoms with Gasteiger partial charge in [0.1, 0.15) is 17.7 Å². The van der Waals surface area contributed by atoms with Crippen LogP contribution in [0.5, 0.6) is 0 Å². The molecule has 0 unspecified atom stereocenters. The number of benzene rings is 2. The molecule has 2 aromatic carbocycles. The van der Waals surface area contributed by atoms with E-state index in [2.05, 4.69) is 10.6 Å². The molecule has 138 valence electrons. The Kier molecular flexibility index (Phi) is 6.80. The molecule has 2 rings (SSSR count). The van der Waals surface area contributed by atoms with Gasteiger partial charge in [0.25, 0.3) is 5.91 Å². The highest BCUT2D eigenvalue weighted by atomic mass is 19.1. The second-order valence-corrected chi connectivity index (χ2v) is 5.88. The Morgan fingerprint density at radius 3 is 2.42 bits per heavy atom. The predicted octanol–water partition coefficient (Wildman–Crippen LogP) is 2.18. The molecule has 2 atom stereocenters. The number of quaternary nitrogens is 1. The lowest BCUT2D eigenvalue weighted by molar-refractivity contribution is -0.719. The molecule has 0 aliphatic heterocycles. The monoisotopic (exact) mass is 362 g/mol. The predicted molar refractivity (Wildman–Crippen MR) is 93.1 cm³/mol. The van der Waals surface area contributed by atoms with E-state index >= 15 is 0 Å². The normalized spacial score (nSPS) is 12.9. The van der Waals surface area contributed by atoms with Gasteiger partial charge in [-0.25, -0.2) is 13.6 Å². The van der Waals surface area contributed by atoms with Crippen LogP contribution in [-0.2, 0) is 4.79 Å². The van der Waals surface area contributed by atoms with E-state index in [4.69, 9.17) is 0 Å². The third kappa shape index (κ3) is 5.10. The number of nitrogens with two attached hydrogens (primary N) is 1. The lowest BCUT2D eigenvalue weighted by Gasteiger charge is -2.20. The summed E-state index contributed by atoms with van der Waals surface area (Å²) in [7, 11) is 0. The van der Waals surface area contributed by atoms with Crippen molar-refractivity contribution in [3.63, 3.8) is 0 Å². The van der Waals surface area contributed by atoms with Gasteiger partial charge >= 0.3 is 6.03 Å². The number of urea groups is 1. The summed E-state index contributed by atoms with van der Waals surface area (Å²) >= 11 is 0. The van der Waals surface area contributed by atoms with Crippen LogP contribution in [0, 0.1) is 11.6 Å². The minimum Gasteiger partial charge on any atom is -0.338 e. The largest absolute Gasteiger partial charge is 0.338 e. The minimum absolute atomic E-state index is 0.276. The molecule has 7 heteroatoms. The van der Waals surface area contributed by atoms with Crippen LogP contribution in [-0.4, -0.2) is 18.5 Å². The van der Waals surface area contributed by atoms with Crippen LogP contribution in [0.25, 0.3) is 0 Å². The fraction of sp³-hybridized carbons (Fsp3) is 0.263. The van der Waals surface area contributed by atoms with Gasteiger partial charge in [-0.1, -0.05) is 30.3 Å². The Morgan fingerprint density at radius 1 is 1.12 bits per heavy atom. The lowest BCUT2D eigenvalue weighted by Crippen LogP contribution is -2.88. The number of halogens is 2. The van der Waals surface area contributed by atoms with Crippen LogP contribution in [0.15, 0.2) is 48.5 Å². The Labute approximate surface area is 150 Å². The molecule has 0 bridgehead atoms. The van der Waals surface area contributed by atoms with E-state index in [0.29, 0.717) is 12.1 Å². The van der Waals surface area contributed by atoms with Gasteiger partial charge in [-0.3, -0.25) is 10.1 Å². The van der Waals surface area contributed by atoms with E-state index in [1.807, 2.05) is 6.07 Å². The summed E-state index contributed by atoms with van der Waals surface area (Å²) in [5.74, 6) is -1.85. The number of hydrogen-bond donors (Lipinski definition) is 3. The standard InChI is InChI=1S/C19H21F2N3O2/c1-3-22-19(26)24-18(25)17(13-7-5-4-6-8-13)23-12(2)15-10-9-14(20)11-16(15)21/h4-12,17,23H,3H2,1-2H3,(H2,22,24,25,26)/p+1/t12-,17+/m1/s1. The van der Waals surface area contributed by atoms with Crippen LogP contribution < -0.4 is 16.0 Å². The zero-order valence-corrected chi connectivity index (χ0v) is 14.6. The summed E-state index contributed by atoms with van der Waals surface area (Å²) in [5, 5.41) is 6.42. The first-order valence-corrected chi connectivity index (χ1v) is 8.36. The number of hydrogen-bond acceptors (Lipinski definition) is 2. The average Bonchev–Trinajstić information content (AvgIpc) is 2.60. The summed E-state index contributed by atoms with van der Waals surface area (Å²) in [6.45, 7) is 3.84. The Hall–Kier alpha value is -2.80. The van der Waals surface area contributed by atoms with Crippen molar-refractivity contribution in [1.82, 2.24) is 10.6 Å². The van der Waals surface area contributed by atoms with Crippen molar-refractivity contribution in [2.75, 3.05) is 6.54 Å². The molecule has 0 fully saturated rings. The Bertz CT molecular complexity index is 769. The fourth-order valence-corrected chi connectivity index (χ4v) is 2.67. The summed E-state index contributed by atoms with van der Waals surface area (Å²) in [4.78, 5) is 24.3. The van der Waals surface area contributed by atoms with Crippen LogP contribution in [0.4, 0.5) is 13.6 Å². The lowest BCUT2D eigenvalue weighted by atomic mass is 10.0. The van der Waals surface area contributed by atoms with E-state index in [1.54, 1.807) is 43.4 Å². The van der Waals surface area contributed by atoms with Crippen molar-refractivity contribution in [3.05, 3.63) is 71.3 Å². The highest BCUT2D eigenvalue weighted by Crippen LogP contribution is 2.17. The molecule has 0 radical (unpaired) electrons. The van der Waals surface area contributed by atoms with Crippen molar-refractivity contribution < 1.29 is 23.7 Å². The summed E-state index contributed by atoms with van der Waals surface area (Å²) in [6, 6.07) is 10.4. The number of imide groups is 1. The van der Waals surface area contributed by atoms with Crippen LogP contribution in [0.1, 0.15) is 37.1 Å². The fourth-order valence-electron chi connectivity index (χ4n) is 2.67. The zero-order valence-electron chi connectivity index (χ0n) is 14.6. The number of carbonyl (C=O) groups is 2. The summed E-state index contributed by atoms with van der Waals surface area (Å²) in [5.41, 5.74) is 0.946. The topological polar surface area (TPSA) is 74.8 Å². The van der Waals surface area contributed by atoms with E-state index in [1.165, 1.54) is 12.1 Å². The first kappa shape index (κ1) is 19.5. The zero-order chi connectivity index (χ0) is 19.1. The maximum absolute atomic E-state index is 14.0. The minimum atomic E-state index is -0.766. The molecular weight excluding hydrogens is 340 g/mol. The molecule has 0 saturated heterocycles. The average molecular weight is 362 g/mol. The van der Waals surface area contributed by atoms with Gasteiger partial charge in [0.05, 0.1) is 0 Å². The number of nitrogens with one attached hydrogen (secondary N) is 2. The molecular formula is C19H22F2N3O2+. The number of amides is 3. The Balaban J connectivity index is 2.23. The van der Waals surface area contributed by atoms with E-state index < -0.39 is 35.7 Å². The quantitative estimate of drug-likeness (QED) is 0.737. The van der Waals surface area contributed by atoms with Crippen molar-refractivity contribution >= 4 is 11.9 Å². The number of rotatable bonds is 6. The van der Waals surface area contributed by atoms with Gasteiger partial charge in [-0.2, -0.15) is 0 Å². The molecule has 0 heterocycles. The highest BCUT2D eigenvalue weighted by molar-refractivity contribution is 5.96. The molecule has 0 saturated carbocycles. The molecule has 3 amide bonds. The molecule has 0 aliphatic carbocycles. The van der Waals surface area contributed by atoms with E-state index in [-0.39, 0.29) is 5.56 Å². The van der Waals surface area contributed by atoms with Crippen molar-refractivity contribution in [2.45, 2.75) is 25.9 Å². The van der Waals surface area contributed by atoms with Crippen LogP contribution >= 0.6 is 0 Å². The molecule has 2 aromatic rings. The SMILES string of the molecule is CCNC(=O)NC(=O)[C@@H]([NH2+][C@H](C)c1ccc(F)cc1F)c1ccccc1. The van der Waals surface area contributed by atoms with Gasteiger partial charge in [0.2, 0.25) is 0 Å². The van der Waals surface area contributed by atoms with Gasteiger partial charge in [0.15, 0.2) is 6.04 Å². The molecule has 0 aromatic heterocycles. The molecule has 5 nitrogen and oxygen atoms in total. The highest BCUT2D eigenvalue weighted by Gasteiger charge is 2.29. The second kappa shape index (κ2) is 9.05. The van der Waals surface area contributed by atoms with Crippen LogP contribution in [0.3, 0.4) is 0 Å². The van der Waals surface area contributed by atoms with Crippen molar-refractivity contribution in [1.29, 1.82) is 0 Å². The van der Waals surface area contributed by atoms with Gasteiger partial charge in [-0.05, 0) is 26.0 Å². The molecule has 26 heavy (non-hydrogen) atoms. The third-order valence-electron chi connectivity index (χ3n) is 3.95. The first-order valence-electron chi connectivity index (χ1n) is 8.36. The first-order chi connectivity index (χ1) is 12.4. The smallest absolute Gasteiger partial charge is 0.321 e. The number of carbonyl (C=O) groups excluding carboxylic acids is 2. The second-order valence-electron chi connectivity index (χ2n) is 5.88. The third-order valence-corrected chi connectivity index (χ3v) is 3.95. The van der Waals surface area contributed by atoms with Crippen molar-refractivity contribution in [3.8, 4) is 0 Å². The summed E-state index contributed by atoms with van der Waals surface area (Å²) in [6.07, 6.45) is 0. The summed E-state index contributed by atoms with van der Waals surface area (Å²) < 4.78 is 27.2. The molecule has 4 N–H and O–H groups in total. The van der Waals surface area contributed by atoms with Gasteiger partial charge in [0, 0.05) is 23.7 Å². The van der Waals surface area contributed by atoms with Gasteiger partial charge in [-0.15, -0.1) is 0 Å². The van der Waals surface area contributed by atoms with E-state index in [9.17, 15) is 18.4 Å². The molecule has 0 aliphatic rings. The Morgan fingerprint density at radius 2 is 1.81 bits per heavy atom. The maximum Gasteiger partial charge on any atom is 0.321 e. The van der Waals surface area contributed by atoms with E-state index in [0.717, 1.165) is 6.07 Å². The van der Waals surface area contributed by atoms with Crippen LogP contribution in [0.2, 0.25) is 0 Å². The molecule has 0 spiro atoms. The maximum atomic E-state index is 14.0. The van der Waals surface area contributed by atoms with Crippen molar-refractivity contribution in [2.24, 2.45) is 0 Å².